The molecule has 220 valence electrons. The van der Waals surface area contributed by atoms with E-state index in [0.29, 0.717) is 29.9 Å². The predicted octanol–water partition coefficient (Wildman–Crippen LogP) is 5.60. The first kappa shape index (κ1) is 28.7. The molecule has 1 saturated heterocycles. The molecule has 1 aromatic carbocycles. The van der Waals surface area contributed by atoms with Crippen LogP contribution >= 0.6 is 0 Å². The number of allylic oxidation sites excluding steroid dienone is 2. The highest BCUT2D eigenvalue weighted by Crippen LogP contribution is 2.32. The number of aryl methyl sites for hydroxylation is 1. The Kier molecular flexibility index (Phi) is 8.58. The van der Waals surface area contributed by atoms with Crippen molar-refractivity contribution in [1.82, 2.24) is 30.5 Å². The molecule has 0 unspecified atom stereocenters. The number of aromatic nitrogens is 3. The molecule has 4 aromatic rings. The first-order valence-electron chi connectivity index (χ1n) is 15.0. The zero-order chi connectivity index (χ0) is 29.8. The normalized spacial score (nSPS) is 19.2. The van der Waals surface area contributed by atoms with Gasteiger partial charge in [-0.05, 0) is 93.4 Å². The fraction of sp³-hybridized carbons (Fsp3) is 0.314. The molecule has 0 spiro atoms. The van der Waals surface area contributed by atoms with Gasteiger partial charge in [-0.3, -0.25) is 19.9 Å². The summed E-state index contributed by atoms with van der Waals surface area (Å²) < 4.78 is 5.64. The number of hydrogen-bond acceptors (Lipinski definition) is 8. The van der Waals surface area contributed by atoms with Crippen molar-refractivity contribution in [3.63, 3.8) is 0 Å². The summed E-state index contributed by atoms with van der Waals surface area (Å²) in [7, 11) is 0. The summed E-state index contributed by atoms with van der Waals surface area (Å²) in [5, 5.41) is 8.01. The Morgan fingerprint density at radius 1 is 1.00 bits per heavy atom. The SMILES string of the molecule is Cc1cccc(C2=C(c3ccc4ncc(-c5cc(C(=O)OCCN6C[C@@H](C)N[C@@H](C)C6)ccn5)cc4c3)CCC=CN2)n1. The molecule has 43 heavy (non-hydrogen) atoms. The molecule has 2 aliphatic heterocycles. The third kappa shape index (κ3) is 6.82. The van der Waals surface area contributed by atoms with E-state index in [-0.39, 0.29) is 5.97 Å². The van der Waals surface area contributed by atoms with Crippen molar-refractivity contribution in [3.8, 4) is 11.3 Å². The average molecular weight is 575 g/mol. The first-order chi connectivity index (χ1) is 20.9. The Morgan fingerprint density at radius 3 is 2.67 bits per heavy atom. The third-order valence-corrected chi connectivity index (χ3v) is 7.95. The average Bonchev–Trinajstić information content (AvgIpc) is 3.26. The maximum atomic E-state index is 12.9. The second kappa shape index (κ2) is 12.9. The van der Waals surface area contributed by atoms with Gasteiger partial charge in [-0.15, -0.1) is 0 Å². The minimum Gasteiger partial charge on any atom is -0.461 e. The first-order valence-corrected chi connectivity index (χ1v) is 15.0. The highest BCUT2D eigenvalue weighted by Gasteiger charge is 2.21. The Bertz CT molecular complexity index is 1690. The monoisotopic (exact) mass is 574 g/mol. The van der Waals surface area contributed by atoms with Gasteiger partial charge < -0.3 is 15.4 Å². The fourth-order valence-electron chi connectivity index (χ4n) is 6.01. The van der Waals surface area contributed by atoms with Crippen LogP contribution in [0.5, 0.6) is 0 Å². The van der Waals surface area contributed by atoms with Gasteiger partial charge in [0.1, 0.15) is 6.61 Å². The van der Waals surface area contributed by atoms with Crippen LogP contribution in [0, 0.1) is 6.92 Å². The lowest BCUT2D eigenvalue weighted by atomic mass is 9.96. The topological polar surface area (TPSA) is 92.3 Å². The lowest BCUT2D eigenvalue weighted by Gasteiger charge is -2.35. The van der Waals surface area contributed by atoms with Crippen molar-refractivity contribution < 1.29 is 9.53 Å². The minimum absolute atomic E-state index is 0.338. The number of esters is 1. The summed E-state index contributed by atoms with van der Waals surface area (Å²) in [4.78, 5) is 29.3. The third-order valence-electron chi connectivity index (χ3n) is 7.95. The number of pyridine rings is 3. The van der Waals surface area contributed by atoms with E-state index in [1.54, 1.807) is 18.3 Å². The van der Waals surface area contributed by atoms with Gasteiger partial charge in [0.25, 0.3) is 0 Å². The van der Waals surface area contributed by atoms with Gasteiger partial charge in [0, 0.05) is 60.8 Å². The number of benzene rings is 1. The van der Waals surface area contributed by atoms with E-state index < -0.39 is 0 Å². The second-order valence-corrected chi connectivity index (χ2v) is 11.5. The van der Waals surface area contributed by atoms with Gasteiger partial charge in [-0.1, -0.05) is 18.2 Å². The van der Waals surface area contributed by atoms with E-state index in [2.05, 4.69) is 64.7 Å². The molecule has 1 fully saturated rings. The number of carbonyl (C=O) groups excluding carboxylic acids is 1. The summed E-state index contributed by atoms with van der Waals surface area (Å²) in [6, 6.07) is 18.9. The number of nitrogens with one attached hydrogen (secondary N) is 2. The molecule has 0 bridgehead atoms. The molecule has 2 aliphatic rings. The summed E-state index contributed by atoms with van der Waals surface area (Å²) in [6.45, 7) is 9.35. The molecule has 2 atom stereocenters. The predicted molar refractivity (Wildman–Crippen MR) is 171 cm³/mol. The number of hydrogen-bond donors (Lipinski definition) is 2. The smallest absolute Gasteiger partial charge is 0.338 e. The molecule has 8 heteroatoms. The summed E-state index contributed by atoms with van der Waals surface area (Å²) >= 11 is 0. The lowest BCUT2D eigenvalue weighted by molar-refractivity contribution is 0.0436. The van der Waals surface area contributed by atoms with E-state index in [1.165, 1.54) is 5.57 Å². The molecule has 0 saturated carbocycles. The van der Waals surface area contributed by atoms with Crippen molar-refractivity contribution in [3.05, 3.63) is 102 Å². The minimum atomic E-state index is -0.338. The fourth-order valence-corrected chi connectivity index (χ4v) is 6.01. The van der Waals surface area contributed by atoms with Gasteiger partial charge >= 0.3 is 5.97 Å². The molecule has 5 heterocycles. The van der Waals surface area contributed by atoms with Crippen LogP contribution in [0.2, 0.25) is 0 Å². The molecule has 3 aromatic heterocycles. The second-order valence-electron chi connectivity index (χ2n) is 11.5. The zero-order valence-electron chi connectivity index (χ0n) is 25.0. The highest BCUT2D eigenvalue weighted by molar-refractivity contribution is 5.94. The van der Waals surface area contributed by atoms with Crippen LogP contribution in [0.3, 0.4) is 0 Å². The number of rotatable bonds is 7. The molecule has 6 rings (SSSR count). The van der Waals surface area contributed by atoms with E-state index in [1.807, 2.05) is 37.5 Å². The van der Waals surface area contributed by atoms with E-state index in [9.17, 15) is 4.79 Å². The number of ether oxygens (including phenoxy) is 1. The maximum Gasteiger partial charge on any atom is 0.338 e. The summed E-state index contributed by atoms with van der Waals surface area (Å²) in [5.74, 6) is -0.338. The van der Waals surface area contributed by atoms with E-state index in [4.69, 9.17) is 14.7 Å². The van der Waals surface area contributed by atoms with Gasteiger partial charge in [0.2, 0.25) is 0 Å². The molecule has 2 N–H and O–H groups in total. The van der Waals surface area contributed by atoms with Crippen LogP contribution in [0.4, 0.5) is 0 Å². The van der Waals surface area contributed by atoms with Crippen LogP contribution in [0.1, 0.15) is 54.0 Å². The van der Waals surface area contributed by atoms with Gasteiger partial charge in [0.15, 0.2) is 0 Å². The van der Waals surface area contributed by atoms with Crippen molar-refractivity contribution in [1.29, 1.82) is 0 Å². The Balaban J connectivity index is 1.23. The Hall–Kier alpha value is -4.40. The molecule has 0 amide bonds. The molecular formula is C35H38N6O2. The lowest BCUT2D eigenvalue weighted by Crippen LogP contribution is -2.54. The Labute approximate surface area is 252 Å². The van der Waals surface area contributed by atoms with Gasteiger partial charge in [-0.2, -0.15) is 0 Å². The Morgan fingerprint density at radius 2 is 1.84 bits per heavy atom. The van der Waals surface area contributed by atoms with Crippen LogP contribution in [-0.4, -0.2) is 64.1 Å². The van der Waals surface area contributed by atoms with E-state index >= 15 is 0 Å². The molecular weight excluding hydrogens is 536 g/mol. The van der Waals surface area contributed by atoms with Crippen molar-refractivity contribution in [2.45, 2.75) is 45.7 Å². The largest absolute Gasteiger partial charge is 0.461 e. The standard InChI is InChI=1S/C35H38N6O2/c1-23-7-6-9-32(40-23)34-30(8-4-5-13-37-34)26-10-11-31-28(17-26)18-29(20-38-31)33-19-27(12-14-36-33)35(42)43-16-15-41-21-24(2)39-25(3)22-41/h5-7,9-14,17-20,24-25,37,39H,4,8,15-16,21-22H2,1-3H3/t24-,25+. The number of carbonyl (C=O) groups is 1. The van der Waals surface area contributed by atoms with Crippen molar-refractivity contribution in [2.75, 3.05) is 26.2 Å². The highest BCUT2D eigenvalue weighted by atomic mass is 16.5. The van der Waals surface area contributed by atoms with Crippen molar-refractivity contribution >= 4 is 28.1 Å². The number of piperazine rings is 1. The van der Waals surface area contributed by atoms with Crippen LogP contribution in [-0.2, 0) is 4.74 Å². The summed E-state index contributed by atoms with van der Waals surface area (Å²) in [6.07, 6.45) is 9.45. The maximum absolute atomic E-state index is 12.9. The van der Waals surface area contributed by atoms with Gasteiger partial charge in [-0.25, -0.2) is 4.79 Å². The van der Waals surface area contributed by atoms with Crippen molar-refractivity contribution in [2.24, 2.45) is 0 Å². The van der Waals surface area contributed by atoms with Crippen LogP contribution < -0.4 is 10.6 Å². The molecule has 0 radical (unpaired) electrons. The van der Waals surface area contributed by atoms with E-state index in [0.717, 1.165) is 71.6 Å². The number of fused-ring (bicyclic) bond motifs is 1. The molecule has 8 nitrogen and oxygen atoms in total. The van der Waals surface area contributed by atoms with Gasteiger partial charge in [0.05, 0.1) is 28.2 Å². The zero-order valence-corrected chi connectivity index (χ0v) is 25.0. The van der Waals surface area contributed by atoms with Crippen LogP contribution in [0.15, 0.2) is 79.3 Å². The quantitative estimate of drug-likeness (QED) is 0.276. The molecule has 0 aliphatic carbocycles. The number of nitrogens with zero attached hydrogens (tertiary/aromatic N) is 4. The summed E-state index contributed by atoms with van der Waals surface area (Å²) in [5.41, 5.74) is 8.18. The van der Waals surface area contributed by atoms with Crippen LogP contribution in [0.25, 0.3) is 33.4 Å².